The zero-order chi connectivity index (χ0) is 15.7. The summed E-state index contributed by atoms with van der Waals surface area (Å²) in [6, 6.07) is 13.4. The summed E-state index contributed by atoms with van der Waals surface area (Å²) >= 11 is 7.36. The first-order valence-electron chi connectivity index (χ1n) is 6.29. The Kier molecular flexibility index (Phi) is 3.79. The number of nitrogens with zero attached hydrogens (tertiary/aromatic N) is 1. The topological polar surface area (TPSA) is 72.2 Å². The number of para-hydroxylation sites is 1. The van der Waals surface area contributed by atoms with E-state index in [1.807, 2.05) is 18.2 Å². The molecule has 1 heterocycles. The Labute approximate surface area is 134 Å². The van der Waals surface area contributed by atoms with Gasteiger partial charge in [0, 0.05) is 27.9 Å². The number of nitrogens with one attached hydrogen (secondary N) is 1. The monoisotopic (exact) mass is 332 g/mol. The van der Waals surface area contributed by atoms with Crippen molar-refractivity contribution in [3.63, 3.8) is 0 Å². The van der Waals surface area contributed by atoms with E-state index >= 15 is 0 Å². The first-order valence-corrected chi connectivity index (χ1v) is 7.48. The van der Waals surface area contributed by atoms with Gasteiger partial charge in [-0.05, 0) is 18.2 Å². The lowest BCUT2D eigenvalue weighted by Gasteiger charge is -2.03. The van der Waals surface area contributed by atoms with Gasteiger partial charge in [0.1, 0.15) is 4.88 Å². The van der Waals surface area contributed by atoms with Gasteiger partial charge in [-0.2, -0.15) is 0 Å². The Bertz CT molecular complexity index is 877. The van der Waals surface area contributed by atoms with E-state index in [0.717, 1.165) is 11.3 Å². The van der Waals surface area contributed by atoms with E-state index < -0.39 is 4.92 Å². The largest absolute Gasteiger partial charge is 0.321 e. The van der Waals surface area contributed by atoms with Crippen LogP contribution in [0.15, 0.2) is 48.5 Å². The number of carbonyl (C=O) groups is 1. The fourth-order valence-electron chi connectivity index (χ4n) is 2.02. The summed E-state index contributed by atoms with van der Waals surface area (Å²) in [5.74, 6) is -0.333. The van der Waals surface area contributed by atoms with E-state index in [1.165, 1.54) is 12.1 Å². The number of amides is 1. The van der Waals surface area contributed by atoms with Crippen LogP contribution in [0, 0.1) is 10.1 Å². The molecule has 5 nitrogen and oxygen atoms in total. The molecule has 7 heteroatoms. The summed E-state index contributed by atoms with van der Waals surface area (Å²) in [6.45, 7) is 0. The van der Waals surface area contributed by atoms with Gasteiger partial charge in [0.2, 0.25) is 0 Å². The van der Waals surface area contributed by atoms with Gasteiger partial charge in [0.25, 0.3) is 11.6 Å². The molecule has 0 saturated carbocycles. The number of thiophene rings is 1. The molecule has 0 aliphatic rings. The van der Waals surface area contributed by atoms with E-state index in [2.05, 4.69) is 5.32 Å². The molecule has 1 aromatic heterocycles. The molecular formula is C15H9ClN2O3S. The molecule has 0 radical (unpaired) electrons. The third-order valence-electron chi connectivity index (χ3n) is 3.06. The van der Waals surface area contributed by atoms with Crippen LogP contribution in [0.5, 0.6) is 0 Å². The second-order valence-electron chi connectivity index (χ2n) is 4.50. The molecule has 0 saturated heterocycles. The van der Waals surface area contributed by atoms with Gasteiger partial charge in [-0.1, -0.05) is 29.8 Å². The number of halogens is 1. The molecule has 3 aromatic rings. The van der Waals surface area contributed by atoms with E-state index in [1.54, 1.807) is 18.2 Å². The summed E-state index contributed by atoms with van der Waals surface area (Å²) in [5, 5.41) is 14.5. The maximum absolute atomic E-state index is 12.3. The molecule has 0 unspecified atom stereocenters. The van der Waals surface area contributed by atoms with Crippen LogP contribution in [0.1, 0.15) is 9.67 Å². The Balaban J connectivity index is 1.98. The summed E-state index contributed by atoms with van der Waals surface area (Å²) < 4.78 is 0.609. The van der Waals surface area contributed by atoms with E-state index in [4.69, 9.17) is 11.6 Å². The average Bonchev–Trinajstić information content (AvgIpc) is 2.85. The van der Waals surface area contributed by atoms with Gasteiger partial charge >= 0.3 is 0 Å². The Morgan fingerprint density at radius 1 is 1.18 bits per heavy atom. The van der Waals surface area contributed by atoms with Crippen molar-refractivity contribution in [1.29, 1.82) is 0 Å². The maximum atomic E-state index is 12.3. The lowest BCUT2D eigenvalue weighted by Crippen LogP contribution is -2.10. The van der Waals surface area contributed by atoms with Crippen LogP contribution in [0.25, 0.3) is 10.1 Å². The van der Waals surface area contributed by atoms with Crippen molar-refractivity contribution < 1.29 is 9.72 Å². The number of nitro groups is 1. The predicted molar refractivity (Wildman–Crippen MR) is 87.9 cm³/mol. The number of hydrogen-bond acceptors (Lipinski definition) is 4. The predicted octanol–water partition coefficient (Wildman–Crippen LogP) is 4.72. The molecule has 3 rings (SSSR count). The van der Waals surface area contributed by atoms with Crippen LogP contribution >= 0.6 is 22.9 Å². The van der Waals surface area contributed by atoms with Gasteiger partial charge in [-0.15, -0.1) is 11.3 Å². The first kappa shape index (κ1) is 14.5. The molecule has 22 heavy (non-hydrogen) atoms. The Hall–Kier alpha value is -2.44. The Morgan fingerprint density at radius 2 is 1.91 bits per heavy atom. The lowest BCUT2D eigenvalue weighted by atomic mass is 10.2. The highest BCUT2D eigenvalue weighted by molar-refractivity contribution is 7.21. The van der Waals surface area contributed by atoms with Crippen LogP contribution in [0.4, 0.5) is 11.4 Å². The minimum absolute atomic E-state index is 0.0274. The zero-order valence-corrected chi connectivity index (χ0v) is 12.6. The lowest BCUT2D eigenvalue weighted by molar-refractivity contribution is -0.384. The SMILES string of the molecule is O=C(Nc1ccccc1)c1sc2cc([N+](=O)[O-])ccc2c1Cl. The number of non-ortho nitro benzene ring substituents is 1. The maximum Gasteiger partial charge on any atom is 0.270 e. The molecule has 1 amide bonds. The third kappa shape index (κ3) is 2.66. The smallest absolute Gasteiger partial charge is 0.270 e. The normalized spacial score (nSPS) is 10.6. The van der Waals surface area contributed by atoms with E-state index in [-0.39, 0.29) is 11.6 Å². The standard InChI is InChI=1S/C15H9ClN2O3S/c16-13-11-7-6-10(18(20)21)8-12(11)22-14(13)15(19)17-9-4-2-1-3-5-9/h1-8H,(H,17,19). The number of fused-ring (bicyclic) bond motifs is 1. The van der Waals surface area contributed by atoms with Crippen molar-refractivity contribution in [2.24, 2.45) is 0 Å². The number of hydrogen-bond donors (Lipinski definition) is 1. The molecule has 0 bridgehead atoms. The molecule has 110 valence electrons. The minimum Gasteiger partial charge on any atom is -0.321 e. The zero-order valence-electron chi connectivity index (χ0n) is 11.1. The minimum atomic E-state index is -0.475. The van der Waals surface area contributed by atoms with E-state index in [9.17, 15) is 14.9 Å². The second-order valence-corrected chi connectivity index (χ2v) is 5.93. The van der Waals surface area contributed by atoms with Crippen molar-refractivity contribution in [2.45, 2.75) is 0 Å². The first-order chi connectivity index (χ1) is 10.6. The van der Waals surface area contributed by atoms with Crippen LogP contribution in [0.2, 0.25) is 5.02 Å². The van der Waals surface area contributed by atoms with Gasteiger partial charge in [-0.3, -0.25) is 14.9 Å². The van der Waals surface area contributed by atoms with Crippen LogP contribution < -0.4 is 5.32 Å². The van der Waals surface area contributed by atoms with Crippen molar-refractivity contribution in [3.05, 3.63) is 68.5 Å². The van der Waals surface area contributed by atoms with Gasteiger partial charge in [-0.25, -0.2) is 0 Å². The van der Waals surface area contributed by atoms with Crippen molar-refractivity contribution >= 4 is 50.3 Å². The number of carbonyl (C=O) groups excluding carboxylic acids is 1. The number of anilines is 1. The molecule has 2 aromatic carbocycles. The van der Waals surface area contributed by atoms with Crippen molar-refractivity contribution in [3.8, 4) is 0 Å². The fourth-order valence-corrected chi connectivity index (χ4v) is 3.47. The molecule has 0 atom stereocenters. The summed E-state index contributed by atoms with van der Waals surface area (Å²) in [6.07, 6.45) is 0. The summed E-state index contributed by atoms with van der Waals surface area (Å²) in [7, 11) is 0. The quantitative estimate of drug-likeness (QED) is 0.557. The van der Waals surface area contributed by atoms with Crippen molar-refractivity contribution in [2.75, 3.05) is 5.32 Å². The van der Waals surface area contributed by atoms with Gasteiger partial charge in [0.05, 0.1) is 9.95 Å². The number of nitro benzene ring substituents is 1. The summed E-state index contributed by atoms with van der Waals surface area (Å²) in [5.41, 5.74) is 0.632. The highest BCUT2D eigenvalue weighted by Crippen LogP contribution is 2.37. The second kappa shape index (κ2) is 5.75. The molecule has 0 aliphatic heterocycles. The van der Waals surface area contributed by atoms with Crippen LogP contribution in [0.3, 0.4) is 0 Å². The van der Waals surface area contributed by atoms with Gasteiger partial charge < -0.3 is 5.32 Å². The molecule has 0 fully saturated rings. The highest BCUT2D eigenvalue weighted by Gasteiger charge is 2.19. The fraction of sp³-hybridized carbons (Fsp3) is 0. The third-order valence-corrected chi connectivity index (χ3v) is 4.72. The number of rotatable bonds is 3. The van der Waals surface area contributed by atoms with Gasteiger partial charge in [0.15, 0.2) is 0 Å². The molecule has 1 N–H and O–H groups in total. The molecular weight excluding hydrogens is 324 g/mol. The molecule has 0 aliphatic carbocycles. The number of benzene rings is 2. The van der Waals surface area contributed by atoms with E-state index in [0.29, 0.717) is 25.7 Å². The van der Waals surface area contributed by atoms with Crippen LogP contribution in [-0.2, 0) is 0 Å². The Morgan fingerprint density at radius 3 is 2.59 bits per heavy atom. The highest BCUT2D eigenvalue weighted by atomic mass is 35.5. The van der Waals surface area contributed by atoms with Crippen LogP contribution in [-0.4, -0.2) is 10.8 Å². The molecule has 0 spiro atoms. The van der Waals surface area contributed by atoms with Crippen molar-refractivity contribution in [1.82, 2.24) is 0 Å². The average molecular weight is 333 g/mol. The summed E-state index contributed by atoms with van der Waals surface area (Å²) in [4.78, 5) is 23.0.